The molecule has 3 rings (SSSR count). The first-order valence-corrected chi connectivity index (χ1v) is 7.72. The molecule has 0 saturated heterocycles. The summed E-state index contributed by atoms with van der Waals surface area (Å²) in [6.07, 6.45) is 4.57. The number of ether oxygens (including phenoxy) is 1. The monoisotopic (exact) mass is 345 g/mol. The molecule has 0 saturated carbocycles. The number of nitrogens with one attached hydrogen (secondary N) is 1. The van der Waals surface area contributed by atoms with Crippen molar-refractivity contribution in [1.29, 1.82) is 5.26 Å². The van der Waals surface area contributed by atoms with Gasteiger partial charge in [0, 0.05) is 5.69 Å². The zero-order valence-corrected chi connectivity index (χ0v) is 14.0. The van der Waals surface area contributed by atoms with Crippen LogP contribution < -0.4 is 10.1 Å². The maximum absolute atomic E-state index is 12.3. The van der Waals surface area contributed by atoms with Crippen molar-refractivity contribution in [2.75, 3.05) is 12.4 Å². The number of benzene rings is 2. The van der Waals surface area contributed by atoms with Gasteiger partial charge in [0.05, 0.1) is 12.8 Å². The molecule has 0 aliphatic rings. The van der Waals surface area contributed by atoms with E-state index in [1.807, 2.05) is 18.2 Å². The van der Waals surface area contributed by atoms with E-state index in [1.165, 1.54) is 12.4 Å². The number of hydrogen-bond donors (Lipinski definition) is 1. The molecule has 1 N–H and O–H groups in total. The molecule has 7 nitrogen and oxygen atoms in total. The molecule has 3 aromatic rings. The average molecular weight is 345 g/mol. The molecule has 26 heavy (non-hydrogen) atoms. The average Bonchev–Trinajstić information content (AvgIpc) is 3.22. The molecule has 1 aromatic heterocycles. The van der Waals surface area contributed by atoms with Crippen molar-refractivity contribution in [2.45, 2.75) is 0 Å². The third kappa shape index (κ3) is 3.94. The molecule has 0 aliphatic heterocycles. The second-order valence-electron chi connectivity index (χ2n) is 5.28. The highest BCUT2D eigenvalue weighted by molar-refractivity contribution is 6.09. The molecular weight excluding hydrogens is 330 g/mol. The molecular formula is C19H15N5O2. The van der Waals surface area contributed by atoms with E-state index in [4.69, 9.17) is 4.74 Å². The highest BCUT2D eigenvalue weighted by Crippen LogP contribution is 2.17. The fraction of sp³-hybridized carbons (Fsp3) is 0.0526. The number of nitriles is 1. The Balaban J connectivity index is 1.74. The van der Waals surface area contributed by atoms with Crippen molar-refractivity contribution < 1.29 is 9.53 Å². The molecule has 0 radical (unpaired) electrons. The third-order valence-corrected chi connectivity index (χ3v) is 3.60. The summed E-state index contributed by atoms with van der Waals surface area (Å²) in [4.78, 5) is 16.2. The van der Waals surface area contributed by atoms with Crippen LogP contribution in [-0.4, -0.2) is 27.8 Å². The van der Waals surface area contributed by atoms with Crippen molar-refractivity contribution in [1.82, 2.24) is 14.8 Å². The van der Waals surface area contributed by atoms with Gasteiger partial charge in [-0.1, -0.05) is 12.1 Å². The van der Waals surface area contributed by atoms with Crippen LogP contribution in [0, 0.1) is 11.3 Å². The van der Waals surface area contributed by atoms with E-state index in [1.54, 1.807) is 54.5 Å². The molecule has 128 valence electrons. The first-order chi connectivity index (χ1) is 12.7. The summed E-state index contributed by atoms with van der Waals surface area (Å²) in [5.74, 6) is 0.213. The van der Waals surface area contributed by atoms with Gasteiger partial charge in [-0.3, -0.25) is 4.79 Å². The van der Waals surface area contributed by atoms with Crippen LogP contribution in [0.2, 0.25) is 0 Å². The van der Waals surface area contributed by atoms with Crippen LogP contribution in [0.25, 0.3) is 11.8 Å². The van der Waals surface area contributed by atoms with Gasteiger partial charge >= 0.3 is 0 Å². The molecule has 2 aromatic carbocycles. The van der Waals surface area contributed by atoms with E-state index in [0.717, 1.165) is 11.3 Å². The molecule has 1 amide bonds. The Bertz CT molecular complexity index is 953. The summed E-state index contributed by atoms with van der Waals surface area (Å²) in [6.45, 7) is 0. The minimum absolute atomic E-state index is 0.00863. The minimum Gasteiger partial charge on any atom is -0.497 e. The zero-order chi connectivity index (χ0) is 18.4. The van der Waals surface area contributed by atoms with Gasteiger partial charge in [0.2, 0.25) is 0 Å². The van der Waals surface area contributed by atoms with E-state index in [2.05, 4.69) is 15.4 Å². The van der Waals surface area contributed by atoms with Gasteiger partial charge in [-0.25, -0.2) is 9.67 Å². The lowest BCUT2D eigenvalue weighted by molar-refractivity contribution is -0.112. The molecule has 7 heteroatoms. The zero-order valence-electron chi connectivity index (χ0n) is 14.0. The van der Waals surface area contributed by atoms with Crippen molar-refractivity contribution in [3.8, 4) is 17.5 Å². The van der Waals surface area contributed by atoms with E-state index < -0.39 is 5.91 Å². The maximum Gasteiger partial charge on any atom is 0.266 e. The second-order valence-corrected chi connectivity index (χ2v) is 5.28. The fourth-order valence-electron chi connectivity index (χ4n) is 2.25. The van der Waals surface area contributed by atoms with Gasteiger partial charge in [-0.15, -0.1) is 0 Å². The Kier molecular flexibility index (Phi) is 5.05. The Hall–Kier alpha value is -3.92. The Labute approximate surface area is 150 Å². The summed E-state index contributed by atoms with van der Waals surface area (Å²) in [5, 5.41) is 16.0. The normalized spacial score (nSPS) is 10.8. The number of amides is 1. The van der Waals surface area contributed by atoms with Crippen molar-refractivity contribution in [3.05, 3.63) is 72.3 Å². The highest BCUT2D eigenvalue weighted by Gasteiger charge is 2.10. The number of anilines is 1. The number of hydrogen-bond acceptors (Lipinski definition) is 5. The molecule has 1 heterocycles. The van der Waals surface area contributed by atoms with Crippen LogP contribution in [0.4, 0.5) is 5.69 Å². The lowest BCUT2D eigenvalue weighted by Gasteiger charge is -2.06. The second kappa shape index (κ2) is 7.77. The molecule has 0 bridgehead atoms. The fourth-order valence-corrected chi connectivity index (χ4v) is 2.25. The standard InChI is InChI=1S/C19H15N5O2/c1-26-18-8-4-16(5-9-18)23-19(25)15(11-20)10-14-2-6-17(7-3-14)24-13-21-12-22-24/h2-10,12-13H,1H3,(H,23,25)/b15-10-. The van der Waals surface area contributed by atoms with Crippen LogP contribution >= 0.6 is 0 Å². The predicted molar refractivity (Wildman–Crippen MR) is 96.6 cm³/mol. The van der Waals surface area contributed by atoms with Crippen LogP contribution in [0.5, 0.6) is 5.75 Å². The van der Waals surface area contributed by atoms with E-state index in [0.29, 0.717) is 11.4 Å². The Morgan fingerprint density at radius 2 is 1.92 bits per heavy atom. The van der Waals surface area contributed by atoms with Gasteiger partial charge < -0.3 is 10.1 Å². The van der Waals surface area contributed by atoms with Gasteiger partial charge in [-0.05, 0) is 48.0 Å². The summed E-state index contributed by atoms with van der Waals surface area (Å²) < 4.78 is 6.69. The van der Waals surface area contributed by atoms with Crippen LogP contribution in [-0.2, 0) is 4.79 Å². The maximum atomic E-state index is 12.3. The number of aromatic nitrogens is 3. The number of methoxy groups -OCH3 is 1. The third-order valence-electron chi connectivity index (χ3n) is 3.60. The largest absolute Gasteiger partial charge is 0.497 e. The van der Waals surface area contributed by atoms with Crippen LogP contribution in [0.3, 0.4) is 0 Å². The number of carbonyl (C=O) groups excluding carboxylic acids is 1. The summed E-state index contributed by atoms with van der Waals surface area (Å²) >= 11 is 0. The van der Waals surface area contributed by atoms with Crippen molar-refractivity contribution in [2.24, 2.45) is 0 Å². The van der Waals surface area contributed by atoms with Crippen LogP contribution in [0.1, 0.15) is 5.56 Å². The predicted octanol–water partition coefficient (Wildman–Crippen LogP) is 2.82. The van der Waals surface area contributed by atoms with Crippen molar-refractivity contribution >= 4 is 17.7 Å². The first-order valence-electron chi connectivity index (χ1n) is 7.72. The number of rotatable bonds is 5. The smallest absolute Gasteiger partial charge is 0.266 e. The summed E-state index contributed by atoms with van der Waals surface area (Å²) in [6, 6.07) is 16.1. The molecule has 0 fully saturated rings. The minimum atomic E-state index is -0.474. The van der Waals surface area contributed by atoms with E-state index in [-0.39, 0.29) is 5.57 Å². The van der Waals surface area contributed by atoms with Gasteiger partial charge in [0.15, 0.2) is 0 Å². The van der Waals surface area contributed by atoms with Crippen molar-refractivity contribution in [3.63, 3.8) is 0 Å². The van der Waals surface area contributed by atoms with Gasteiger partial charge in [0.1, 0.15) is 30.0 Å². The molecule has 0 atom stereocenters. The van der Waals surface area contributed by atoms with Crippen LogP contribution in [0.15, 0.2) is 66.8 Å². The number of nitrogens with zero attached hydrogens (tertiary/aromatic N) is 4. The lowest BCUT2D eigenvalue weighted by Crippen LogP contribution is -2.13. The van der Waals surface area contributed by atoms with E-state index >= 15 is 0 Å². The number of carbonyl (C=O) groups is 1. The topological polar surface area (TPSA) is 92.8 Å². The first kappa shape index (κ1) is 16.9. The molecule has 0 aliphatic carbocycles. The Morgan fingerprint density at radius 3 is 2.50 bits per heavy atom. The summed E-state index contributed by atoms with van der Waals surface area (Å²) in [5.41, 5.74) is 2.16. The quantitative estimate of drug-likeness (QED) is 0.567. The lowest BCUT2D eigenvalue weighted by atomic mass is 10.1. The van der Waals surface area contributed by atoms with Gasteiger partial charge in [-0.2, -0.15) is 10.4 Å². The molecule has 0 unspecified atom stereocenters. The SMILES string of the molecule is COc1ccc(NC(=O)/C(C#N)=C\c2ccc(-n3cncn3)cc2)cc1. The highest BCUT2D eigenvalue weighted by atomic mass is 16.5. The Morgan fingerprint density at radius 1 is 1.19 bits per heavy atom. The molecule has 0 spiro atoms. The van der Waals surface area contributed by atoms with Gasteiger partial charge in [0.25, 0.3) is 5.91 Å². The van der Waals surface area contributed by atoms with E-state index in [9.17, 15) is 10.1 Å². The summed E-state index contributed by atoms with van der Waals surface area (Å²) in [7, 11) is 1.57.